The van der Waals surface area contributed by atoms with Gasteiger partial charge in [-0.05, 0) is 49.8 Å². The third-order valence-corrected chi connectivity index (χ3v) is 4.31. The summed E-state index contributed by atoms with van der Waals surface area (Å²) in [5.74, 6) is -0.394. The minimum absolute atomic E-state index is 0.394. The Morgan fingerprint density at radius 3 is 2.33 bits per heavy atom. The van der Waals surface area contributed by atoms with E-state index in [1.54, 1.807) is 44.2 Å². The molecule has 3 rings (SSSR count). The van der Waals surface area contributed by atoms with Gasteiger partial charge in [-0.3, -0.25) is 4.79 Å². The Kier molecular flexibility index (Phi) is 4.28. The lowest BCUT2D eigenvalue weighted by Gasteiger charge is -2.20. The maximum Gasteiger partial charge on any atom is 0.422 e. The van der Waals surface area contributed by atoms with Gasteiger partial charge in [0, 0.05) is 10.0 Å². The number of hydrogen-bond acceptors (Lipinski definition) is 3. The second kappa shape index (κ2) is 6.24. The van der Waals surface area contributed by atoms with Crippen molar-refractivity contribution >= 4 is 34.0 Å². The summed E-state index contributed by atoms with van der Waals surface area (Å²) in [4.78, 5) is 26.2. The van der Waals surface area contributed by atoms with Crippen LogP contribution in [0.3, 0.4) is 0 Å². The lowest BCUT2D eigenvalue weighted by atomic mass is 10.0. The molecular formula is C19H16BrNO3. The normalized spacial score (nSPS) is 17.9. The van der Waals surface area contributed by atoms with E-state index in [0.29, 0.717) is 11.3 Å². The van der Waals surface area contributed by atoms with E-state index < -0.39 is 17.6 Å². The van der Waals surface area contributed by atoms with Crippen molar-refractivity contribution in [2.45, 2.75) is 19.4 Å². The molecule has 0 bridgehead atoms. The van der Waals surface area contributed by atoms with Crippen molar-refractivity contribution in [3.63, 3.8) is 0 Å². The first-order valence-corrected chi connectivity index (χ1v) is 8.28. The van der Waals surface area contributed by atoms with Crippen LogP contribution < -0.4 is 0 Å². The minimum atomic E-state index is -0.880. The number of rotatable bonds is 2. The first kappa shape index (κ1) is 16.5. The molecule has 1 fully saturated rings. The molecule has 2 aromatic carbocycles. The van der Waals surface area contributed by atoms with Gasteiger partial charge >= 0.3 is 6.09 Å². The number of hydrogen-bond donors (Lipinski definition) is 0. The smallest absolute Gasteiger partial charge is 0.422 e. The predicted molar refractivity (Wildman–Crippen MR) is 95.3 cm³/mol. The van der Waals surface area contributed by atoms with Gasteiger partial charge in [0.2, 0.25) is 0 Å². The van der Waals surface area contributed by atoms with Crippen LogP contribution in [0.1, 0.15) is 29.8 Å². The molecule has 24 heavy (non-hydrogen) atoms. The van der Waals surface area contributed by atoms with Crippen molar-refractivity contribution in [1.82, 2.24) is 4.90 Å². The van der Waals surface area contributed by atoms with Gasteiger partial charge in [-0.2, -0.15) is 0 Å². The molecule has 0 radical (unpaired) electrons. The molecule has 1 saturated heterocycles. The molecular weight excluding hydrogens is 370 g/mol. The van der Waals surface area contributed by atoms with Crippen molar-refractivity contribution in [1.29, 1.82) is 0 Å². The lowest BCUT2D eigenvalue weighted by Crippen LogP contribution is -2.32. The molecule has 4 nitrogen and oxygen atoms in total. The van der Waals surface area contributed by atoms with E-state index in [1.165, 1.54) is 0 Å². The quantitative estimate of drug-likeness (QED) is 0.741. The number of carbonyl (C=O) groups excluding carboxylic acids is 2. The second-order valence-electron chi connectivity index (χ2n) is 5.97. The van der Waals surface area contributed by atoms with Crippen molar-refractivity contribution in [3.8, 4) is 0 Å². The van der Waals surface area contributed by atoms with E-state index in [-0.39, 0.29) is 0 Å². The largest absolute Gasteiger partial charge is 0.436 e. The van der Waals surface area contributed by atoms with E-state index in [1.807, 2.05) is 30.3 Å². The highest BCUT2D eigenvalue weighted by Crippen LogP contribution is 2.35. The zero-order valence-corrected chi connectivity index (χ0v) is 14.9. The summed E-state index contributed by atoms with van der Waals surface area (Å²) >= 11 is 3.39. The van der Waals surface area contributed by atoms with Crippen LogP contribution in [-0.4, -0.2) is 22.5 Å². The molecule has 0 spiro atoms. The summed E-state index contributed by atoms with van der Waals surface area (Å²) in [6.07, 6.45) is 1.15. The van der Waals surface area contributed by atoms with Crippen LogP contribution in [0.25, 0.3) is 6.08 Å². The fourth-order valence-corrected chi connectivity index (χ4v) is 2.81. The highest BCUT2D eigenvalue weighted by Gasteiger charge is 2.46. The maximum absolute atomic E-state index is 12.8. The van der Waals surface area contributed by atoms with E-state index in [4.69, 9.17) is 4.74 Å². The second-order valence-corrected chi connectivity index (χ2v) is 6.88. The summed E-state index contributed by atoms with van der Waals surface area (Å²) in [6, 6.07) is 16.3. The molecule has 122 valence electrons. The van der Waals surface area contributed by atoms with E-state index in [0.717, 1.165) is 14.9 Å². The zero-order valence-electron chi connectivity index (χ0n) is 13.3. The topological polar surface area (TPSA) is 46.6 Å². The van der Waals surface area contributed by atoms with Gasteiger partial charge in [-0.1, -0.05) is 46.3 Å². The van der Waals surface area contributed by atoms with Crippen molar-refractivity contribution in [2.24, 2.45) is 0 Å². The Morgan fingerprint density at radius 1 is 1.08 bits per heavy atom. The van der Waals surface area contributed by atoms with E-state index >= 15 is 0 Å². The lowest BCUT2D eigenvalue weighted by molar-refractivity contribution is 0.0792. The third-order valence-electron chi connectivity index (χ3n) is 3.78. The number of halogens is 1. The number of carbonyl (C=O) groups is 2. The van der Waals surface area contributed by atoms with Gasteiger partial charge < -0.3 is 4.74 Å². The van der Waals surface area contributed by atoms with Gasteiger partial charge in [0.25, 0.3) is 5.91 Å². The summed E-state index contributed by atoms with van der Waals surface area (Å²) < 4.78 is 6.36. The molecule has 0 saturated carbocycles. The molecule has 1 heterocycles. The van der Waals surface area contributed by atoms with Crippen LogP contribution in [0.4, 0.5) is 4.79 Å². The Balaban J connectivity index is 2.04. The van der Waals surface area contributed by atoms with Crippen LogP contribution in [-0.2, 0) is 4.74 Å². The highest BCUT2D eigenvalue weighted by atomic mass is 79.9. The van der Waals surface area contributed by atoms with E-state index in [9.17, 15) is 9.59 Å². The van der Waals surface area contributed by atoms with Gasteiger partial charge in [-0.25, -0.2) is 9.69 Å². The Labute approximate surface area is 148 Å². The van der Waals surface area contributed by atoms with Crippen LogP contribution in [0, 0.1) is 0 Å². The molecule has 1 aliphatic rings. The monoisotopic (exact) mass is 385 g/mol. The van der Waals surface area contributed by atoms with Crippen molar-refractivity contribution in [3.05, 3.63) is 75.9 Å². The Hall–Kier alpha value is -2.40. The fourth-order valence-electron chi connectivity index (χ4n) is 2.54. The van der Waals surface area contributed by atoms with Crippen LogP contribution in [0.2, 0.25) is 0 Å². The molecule has 0 unspecified atom stereocenters. The summed E-state index contributed by atoms with van der Waals surface area (Å²) in [7, 11) is 0. The third kappa shape index (κ3) is 3.12. The molecule has 0 aromatic heterocycles. The zero-order chi connectivity index (χ0) is 17.3. The molecule has 1 aliphatic heterocycles. The SMILES string of the molecule is CC1(C)OC(=O)N(C(=O)c2ccccc2)/C1=C\c1ccc(Br)cc1. The summed E-state index contributed by atoms with van der Waals surface area (Å²) in [5, 5.41) is 0. The summed E-state index contributed by atoms with van der Waals surface area (Å²) in [6.45, 7) is 3.54. The maximum atomic E-state index is 12.8. The molecule has 0 aliphatic carbocycles. The fraction of sp³-hybridized carbons (Fsp3) is 0.158. The van der Waals surface area contributed by atoms with E-state index in [2.05, 4.69) is 15.9 Å². The molecule has 2 aromatic rings. The van der Waals surface area contributed by atoms with Crippen molar-refractivity contribution < 1.29 is 14.3 Å². The molecule has 0 N–H and O–H groups in total. The van der Waals surface area contributed by atoms with Gasteiger partial charge in [-0.15, -0.1) is 0 Å². The van der Waals surface area contributed by atoms with Crippen molar-refractivity contribution in [2.75, 3.05) is 0 Å². The molecule has 5 heteroatoms. The molecule has 2 amide bonds. The van der Waals surface area contributed by atoms with Crippen LogP contribution in [0.15, 0.2) is 64.8 Å². The van der Waals surface area contributed by atoms with Gasteiger partial charge in [0.05, 0.1) is 5.70 Å². The van der Waals surface area contributed by atoms with Gasteiger partial charge in [0.1, 0.15) is 5.60 Å². The number of imide groups is 1. The number of amides is 2. The van der Waals surface area contributed by atoms with Crippen LogP contribution >= 0.6 is 15.9 Å². The van der Waals surface area contributed by atoms with Gasteiger partial charge in [0.15, 0.2) is 0 Å². The minimum Gasteiger partial charge on any atom is -0.436 e. The number of ether oxygens (including phenoxy) is 1. The van der Waals surface area contributed by atoms with Crippen LogP contribution in [0.5, 0.6) is 0 Å². The average molecular weight is 386 g/mol. The Morgan fingerprint density at radius 2 is 1.71 bits per heavy atom. The number of benzene rings is 2. The predicted octanol–water partition coefficient (Wildman–Crippen LogP) is 4.86. The Bertz CT molecular complexity index is 810. The highest BCUT2D eigenvalue weighted by molar-refractivity contribution is 9.10. The first-order valence-electron chi connectivity index (χ1n) is 7.49. The number of cyclic esters (lactones) is 1. The molecule has 0 atom stereocenters. The average Bonchev–Trinajstić information content (AvgIpc) is 2.78. The summed E-state index contributed by atoms with van der Waals surface area (Å²) in [5.41, 5.74) is 0.956. The standard InChI is InChI=1S/C19H16BrNO3/c1-19(2)16(12-13-8-10-15(20)11-9-13)21(18(23)24-19)17(22)14-6-4-3-5-7-14/h3-12H,1-2H3/b16-12-. The number of nitrogens with zero attached hydrogens (tertiary/aromatic N) is 1. The first-order chi connectivity index (χ1) is 11.4.